The third kappa shape index (κ3) is 4.51. The molecule has 1 amide bonds. The summed E-state index contributed by atoms with van der Waals surface area (Å²) < 4.78 is 10.7. The van der Waals surface area contributed by atoms with Crippen LogP contribution in [0, 0.1) is 5.92 Å². The van der Waals surface area contributed by atoms with E-state index in [9.17, 15) is 4.79 Å². The first kappa shape index (κ1) is 17.9. The van der Waals surface area contributed by atoms with Crippen LogP contribution in [0.1, 0.15) is 31.0 Å². The molecule has 0 saturated heterocycles. The lowest BCUT2D eigenvalue weighted by Gasteiger charge is -2.20. The van der Waals surface area contributed by atoms with E-state index in [-0.39, 0.29) is 17.9 Å². The van der Waals surface area contributed by atoms with E-state index in [4.69, 9.17) is 9.47 Å². The van der Waals surface area contributed by atoms with Crippen molar-refractivity contribution in [2.75, 3.05) is 14.2 Å². The summed E-state index contributed by atoms with van der Waals surface area (Å²) in [7, 11) is 3.24. The first-order valence-electron chi connectivity index (χ1n) is 8.11. The van der Waals surface area contributed by atoms with Crippen molar-refractivity contribution >= 4 is 5.91 Å². The molecule has 2 atom stereocenters. The van der Waals surface area contributed by atoms with E-state index in [0.29, 0.717) is 6.42 Å². The lowest BCUT2D eigenvalue weighted by molar-refractivity contribution is -0.125. The van der Waals surface area contributed by atoms with E-state index in [1.54, 1.807) is 14.2 Å². The van der Waals surface area contributed by atoms with Crippen LogP contribution in [0.15, 0.2) is 48.5 Å². The zero-order valence-electron chi connectivity index (χ0n) is 14.7. The quantitative estimate of drug-likeness (QED) is 0.842. The van der Waals surface area contributed by atoms with Gasteiger partial charge in [0, 0.05) is 11.5 Å². The Morgan fingerprint density at radius 3 is 2.38 bits per heavy atom. The fourth-order valence-corrected chi connectivity index (χ4v) is 2.67. The summed E-state index contributed by atoms with van der Waals surface area (Å²) in [6, 6.07) is 15.5. The highest BCUT2D eigenvalue weighted by Crippen LogP contribution is 2.29. The number of methoxy groups -OCH3 is 2. The predicted molar refractivity (Wildman–Crippen MR) is 95.4 cm³/mol. The number of hydrogen-bond donors (Lipinski definition) is 1. The van der Waals surface area contributed by atoms with Crippen LogP contribution in [0.5, 0.6) is 11.5 Å². The van der Waals surface area contributed by atoms with Gasteiger partial charge in [-0.1, -0.05) is 37.3 Å². The molecule has 128 valence electrons. The molecule has 4 heteroatoms. The Hall–Kier alpha value is -2.49. The lowest BCUT2D eigenvalue weighted by atomic mass is 9.99. The van der Waals surface area contributed by atoms with E-state index in [0.717, 1.165) is 22.6 Å². The first-order chi connectivity index (χ1) is 11.5. The first-order valence-corrected chi connectivity index (χ1v) is 8.11. The normalized spacial score (nSPS) is 13.0. The van der Waals surface area contributed by atoms with Gasteiger partial charge >= 0.3 is 0 Å². The highest BCUT2D eigenvalue weighted by Gasteiger charge is 2.19. The van der Waals surface area contributed by atoms with E-state index in [1.165, 1.54) is 0 Å². The number of ether oxygens (including phenoxy) is 2. The van der Waals surface area contributed by atoms with E-state index >= 15 is 0 Å². The number of nitrogens with one attached hydrogen (secondary N) is 1. The van der Waals surface area contributed by atoms with Crippen LogP contribution < -0.4 is 14.8 Å². The number of amides is 1. The second-order valence-corrected chi connectivity index (χ2v) is 5.93. The number of rotatable bonds is 7. The Bertz CT molecular complexity index is 670. The van der Waals surface area contributed by atoms with Gasteiger partial charge in [-0.3, -0.25) is 4.79 Å². The minimum absolute atomic E-state index is 0.0243. The van der Waals surface area contributed by atoms with Crippen LogP contribution in [0.3, 0.4) is 0 Å². The maximum absolute atomic E-state index is 12.5. The second kappa shape index (κ2) is 8.39. The summed E-state index contributed by atoms with van der Waals surface area (Å²) >= 11 is 0. The highest BCUT2D eigenvalue weighted by molar-refractivity contribution is 5.79. The van der Waals surface area contributed by atoms with Gasteiger partial charge in [-0.15, -0.1) is 0 Å². The summed E-state index contributed by atoms with van der Waals surface area (Å²) in [6.07, 6.45) is 0.717. The summed E-state index contributed by atoms with van der Waals surface area (Å²) in [5, 5.41) is 3.07. The standard InChI is InChI=1S/C20H25NO3/c1-14(12-16-8-6-5-7-9-16)20(22)21-15(2)18-13-17(23-3)10-11-19(18)24-4/h5-11,13-15H,12H2,1-4H3,(H,21,22)/t14-,15+/m0/s1. The molecule has 0 bridgehead atoms. The van der Waals surface area contributed by atoms with Gasteiger partial charge in [-0.2, -0.15) is 0 Å². The minimum Gasteiger partial charge on any atom is -0.497 e. The van der Waals surface area contributed by atoms with Crippen LogP contribution in [-0.2, 0) is 11.2 Å². The fourth-order valence-electron chi connectivity index (χ4n) is 2.67. The summed E-state index contributed by atoms with van der Waals surface area (Å²) in [4.78, 5) is 12.5. The topological polar surface area (TPSA) is 47.6 Å². The molecule has 0 aliphatic rings. The van der Waals surface area contributed by atoms with E-state index in [1.807, 2.05) is 62.4 Å². The zero-order chi connectivity index (χ0) is 17.5. The zero-order valence-corrected chi connectivity index (χ0v) is 14.7. The van der Waals surface area contributed by atoms with Crippen molar-refractivity contribution in [1.82, 2.24) is 5.32 Å². The molecule has 0 spiro atoms. The van der Waals surface area contributed by atoms with Gasteiger partial charge < -0.3 is 14.8 Å². The van der Waals surface area contributed by atoms with Crippen molar-refractivity contribution in [3.8, 4) is 11.5 Å². The third-order valence-electron chi connectivity index (χ3n) is 4.09. The maximum atomic E-state index is 12.5. The fraction of sp³-hybridized carbons (Fsp3) is 0.350. The van der Waals surface area contributed by atoms with Gasteiger partial charge in [0.1, 0.15) is 11.5 Å². The molecule has 0 radical (unpaired) electrons. The van der Waals surface area contributed by atoms with Gasteiger partial charge in [0.2, 0.25) is 5.91 Å². The molecule has 0 saturated carbocycles. The van der Waals surface area contributed by atoms with E-state index in [2.05, 4.69) is 5.32 Å². The van der Waals surface area contributed by atoms with E-state index < -0.39 is 0 Å². The predicted octanol–water partition coefficient (Wildman–Crippen LogP) is 3.76. The van der Waals surface area contributed by atoms with Gasteiger partial charge in [0.25, 0.3) is 0 Å². The molecule has 1 N–H and O–H groups in total. The molecule has 0 fully saturated rings. The van der Waals surface area contributed by atoms with Crippen LogP contribution in [-0.4, -0.2) is 20.1 Å². The molecule has 0 aliphatic heterocycles. The molecule has 2 aromatic carbocycles. The van der Waals surface area contributed by atoms with Crippen molar-refractivity contribution < 1.29 is 14.3 Å². The molecular formula is C20H25NO3. The maximum Gasteiger partial charge on any atom is 0.223 e. The smallest absolute Gasteiger partial charge is 0.223 e. The van der Waals surface area contributed by atoms with Gasteiger partial charge in [0.15, 0.2) is 0 Å². The number of benzene rings is 2. The number of carbonyl (C=O) groups excluding carboxylic acids is 1. The van der Waals surface area contributed by atoms with Crippen LogP contribution in [0.2, 0.25) is 0 Å². The van der Waals surface area contributed by atoms with Crippen molar-refractivity contribution in [1.29, 1.82) is 0 Å². The Kier molecular flexibility index (Phi) is 6.24. The lowest BCUT2D eigenvalue weighted by Crippen LogP contribution is -2.32. The Morgan fingerprint density at radius 2 is 1.75 bits per heavy atom. The highest BCUT2D eigenvalue weighted by atomic mass is 16.5. The van der Waals surface area contributed by atoms with Crippen molar-refractivity contribution in [3.63, 3.8) is 0 Å². The van der Waals surface area contributed by atoms with Crippen molar-refractivity contribution in [2.45, 2.75) is 26.3 Å². The summed E-state index contributed by atoms with van der Waals surface area (Å²) in [5.41, 5.74) is 2.06. The SMILES string of the molecule is COc1ccc(OC)c([C@@H](C)NC(=O)[C@@H](C)Cc2ccccc2)c1. The molecule has 0 aliphatic carbocycles. The average Bonchev–Trinajstić information content (AvgIpc) is 2.61. The molecule has 4 nitrogen and oxygen atoms in total. The Labute approximate surface area is 143 Å². The van der Waals surface area contributed by atoms with Gasteiger partial charge in [-0.25, -0.2) is 0 Å². The third-order valence-corrected chi connectivity index (χ3v) is 4.09. The molecule has 24 heavy (non-hydrogen) atoms. The molecule has 2 aromatic rings. The Balaban J connectivity index is 2.05. The van der Waals surface area contributed by atoms with Crippen LogP contribution >= 0.6 is 0 Å². The Morgan fingerprint density at radius 1 is 1.04 bits per heavy atom. The largest absolute Gasteiger partial charge is 0.497 e. The molecular weight excluding hydrogens is 302 g/mol. The van der Waals surface area contributed by atoms with Crippen LogP contribution in [0.25, 0.3) is 0 Å². The second-order valence-electron chi connectivity index (χ2n) is 5.93. The molecule has 0 heterocycles. The molecule has 0 unspecified atom stereocenters. The minimum atomic E-state index is -0.166. The van der Waals surface area contributed by atoms with Crippen LogP contribution in [0.4, 0.5) is 0 Å². The monoisotopic (exact) mass is 327 g/mol. The molecule has 2 rings (SSSR count). The summed E-state index contributed by atoms with van der Waals surface area (Å²) in [5.74, 6) is 1.39. The average molecular weight is 327 g/mol. The number of carbonyl (C=O) groups is 1. The van der Waals surface area contributed by atoms with Crippen molar-refractivity contribution in [3.05, 3.63) is 59.7 Å². The summed E-state index contributed by atoms with van der Waals surface area (Å²) in [6.45, 7) is 3.89. The van der Waals surface area contributed by atoms with Crippen molar-refractivity contribution in [2.24, 2.45) is 5.92 Å². The number of hydrogen-bond acceptors (Lipinski definition) is 3. The van der Waals surface area contributed by atoms with Gasteiger partial charge in [0.05, 0.1) is 20.3 Å². The molecule has 0 aromatic heterocycles. The van der Waals surface area contributed by atoms with Gasteiger partial charge in [-0.05, 0) is 37.1 Å².